The van der Waals surface area contributed by atoms with Gasteiger partial charge in [0.2, 0.25) is 0 Å². The Labute approximate surface area is 138 Å². The molecule has 0 heterocycles. The van der Waals surface area contributed by atoms with Gasteiger partial charge in [-0.05, 0) is 36.5 Å². The average Bonchev–Trinajstić information content (AvgIpc) is 3.19. The van der Waals surface area contributed by atoms with Crippen LogP contribution >= 0.6 is 24.0 Å². The van der Waals surface area contributed by atoms with Gasteiger partial charge in [0.05, 0.1) is 13.2 Å². The second kappa shape index (κ2) is 8.34. The van der Waals surface area contributed by atoms with E-state index in [-0.39, 0.29) is 24.0 Å². The Morgan fingerprint density at radius 1 is 1.35 bits per heavy atom. The summed E-state index contributed by atoms with van der Waals surface area (Å²) in [5.41, 5.74) is 6.92. The Bertz CT molecular complexity index is 427. The minimum absolute atomic E-state index is 0. The molecule has 5 heteroatoms. The summed E-state index contributed by atoms with van der Waals surface area (Å²) in [7, 11) is 0. The topological polar surface area (TPSA) is 59.6 Å². The van der Waals surface area contributed by atoms with Crippen LogP contribution in [0.15, 0.2) is 29.3 Å². The Hall–Kier alpha value is -0.980. The smallest absolute Gasteiger partial charge is 0.189 e. The lowest BCUT2D eigenvalue weighted by atomic mass is 10.2. The van der Waals surface area contributed by atoms with Gasteiger partial charge in [0.1, 0.15) is 5.75 Å². The highest BCUT2D eigenvalue weighted by Gasteiger charge is 2.21. The fourth-order valence-corrected chi connectivity index (χ4v) is 1.61. The number of benzene rings is 1. The number of nitrogens with two attached hydrogens (primary N) is 1. The Kier molecular flexibility index (Phi) is 7.12. The molecule has 112 valence electrons. The molecule has 1 fully saturated rings. The predicted molar refractivity (Wildman–Crippen MR) is 93.7 cm³/mol. The fourth-order valence-electron chi connectivity index (χ4n) is 1.61. The number of aliphatic imine (C=N–C) groups is 1. The lowest BCUT2D eigenvalue weighted by molar-refractivity contribution is 0.271. The summed E-state index contributed by atoms with van der Waals surface area (Å²) in [6.07, 6.45) is 2.41. The van der Waals surface area contributed by atoms with E-state index >= 15 is 0 Å². The minimum Gasteiger partial charge on any atom is -0.493 e. The first kappa shape index (κ1) is 17.1. The minimum atomic E-state index is 0. The van der Waals surface area contributed by atoms with Gasteiger partial charge in [-0.1, -0.05) is 26.0 Å². The van der Waals surface area contributed by atoms with E-state index in [1.165, 1.54) is 12.8 Å². The first-order chi connectivity index (χ1) is 9.13. The molecule has 0 aromatic heterocycles. The van der Waals surface area contributed by atoms with Crippen LogP contribution in [0, 0.1) is 5.92 Å². The molecule has 4 nitrogen and oxygen atoms in total. The van der Waals surface area contributed by atoms with Gasteiger partial charge in [-0.3, -0.25) is 0 Å². The van der Waals surface area contributed by atoms with E-state index in [2.05, 4.69) is 24.2 Å². The van der Waals surface area contributed by atoms with Crippen molar-refractivity contribution in [3.63, 3.8) is 0 Å². The number of rotatable bonds is 6. The van der Waals surface area contributed by atoms with Crippen LogP contribution in [0.4, 0.5) is 0 Å². The second-order valence-corrected chi connectivity index (χ2v) is 5.47. The fraction of sp³-hybridized carbons (Fsp3) is 0.533. The molecule has 0 radical (unpaired) electrons. The van der Waals surface area contributed by atoms with Crippen LogP contribution in [0.5, 0.6) is 5.75 Å². The van der Waals surface area contributed by atoms with Crippen LogP contribution in [0.2, 0.25) is 0 Å². The van der Waals surface area contributed by atoms with E-state index in [1.807, 2.05) is 24.3 Å². The van der Waals surface area contributed by atoms with Gasteiger partial charge in [0.25, 0.3) is 0 Å². The SMILES string of the molecule is CC(C)COc1ccc(CN=C(N)NC2CC2)cc1.I. The Morgan fingerprint density at radius 3 is 2.55 bits per heavy atom. The van der Waals surface area contributed by atoms with Crippen molar-refractivity contribution in [3.8, 4) is 5.75 Å². The van der Waals surface area contributed by atoms with Crippen LogP contribution in [0.3, 0.4) is 0 Å². The molecule has 0 bridgehead atoms. The molecule has 0 saturated heterocycles. The maximum absolute atomic E-state index is 5.79. The molecular formula is C15H24IN3O. The van der Waals surface area contributed by atoms with Crippen molar-refractivity contribution in [2.45, 2.75) is 39.3 Å². The van der Waals surface area contributed by atoms with E-state index in [9.17, 15) is 0 Å². The third kappa shape index (κ3) is 6.45. The summed E-state index contributed by atoms with van der Waals surface area (Å²) in [6.45, 7) is 5.63. The predicted octanol–water partition coefficient (Wildman–Crippen LogP) is 2.91. The summed E-state index contributed by atoms with van der Waals surface area (Å²) in [5.74, 6) is 1.99. The van der Waals surface area contributed by atoms with Crippen LogP contribution in [0.25, 0.3) is 0 Å². The molecule has 0 unspecified atom stereocenters. The van der Waals surface area contributed by atoms with Crippen LogP contribution < -0.4 is 15.8 Å². The van der Waals surface area contributed by atoms with E-state index in [0.29, 0.717) is 24.5 Å². The summed E-state index contributed by atoms with van der Waals surface area (Å²) in [5, 5.41) is 3.17. The van der Waals surface area contributed by atoms with Gasteiger partial charge in [-0.2, -0.15) is 0 Å². The zero-order valence-corrected chi connectivity index (χ0v) is 14.5. The van der Waals surface area contributed by atoms with E-state index in [0.717, 1.165) is 17.9 Å². The number of ether oxygens (including phenoxy) is 1. The molecule has 1 saturated carbocycles. The maximum Gasteiger partial charge on any atom is 0.189 e. The van der Waals surface area contributed by atoms with Crippen molar-refractivity contribution in [1.82, 2.24) is 5.32 Å². The second-order valence-electron chi connectivity index (χ2n) is 5.47. The van der Waals surface area contributed by atoms with Crippen molar-refractivity contribution in [2.24, 2.45) is 16.6 Å². The number of guanidine groups is 1. The molecule has 1 aromatic carbocycles. The van der Waals surface area contributed by atoms with Crippen molar-refractivity contribution in [3.05, 3.63) is 29.8 Å². The largest absolute Gasteiger partial charge is 0.493 e. The highest BCUT2D eigenvalue weighted by Crippen LogP contribution is 2.18. The standard InChI is InChI=1S/C15H23N3O.HI/c1-11(2)10-19-14-7-3-12(4-8-14)9-17-15(16)18-13-5-6-13;/h3-4,7-8,11,13H,5-6,9-10H2,1-2H3,(H3,16,17,18);1H. The number of nitrogens with one attached hydrogen (secondary N) is 1. The molecule has 1 aliphatic rings. The Balaban J connectivity index is 0.00000200. The molecule has 1 aromatic rings. The molecule has 0 aliphatic heterocycles. The molecule has 0 spiro atoms. The summed E-state index contributed by atoms with van der Waals surface area (Å²) in [4.78, 5) is 4.32. The summed E-state index contributed by atoms with van der Waals surface area (Å²) in [6, 6.07) is 8.58. The maximum atomic E-state index is 5.79. The van der Waals surface area contributed by atoms with E-state index < -0.39 is 0 Å². The molecule has 0 amide bonds. The quantitative estimate of drug-likeness (QED) is 0.447. The number of hydrogen-bond donors (Lipinski definition) is 2. The highest BCUT2D eigenvalue weighted by atomic mass is 127. The molecule has 1 aliphatic carbocycles. The lowest BCUT2D eigenvalue weighted by Gasteiger charge is -2.09. The zero-order chi connectivity index (χ0) is 13.7. The van der Waals surface area contributed by atoms with E-state index in [1.54, 1.807) is 0 Å². The normalized spacial score (nSPS) is 14.8. The molecule has 2 rings (SSSR count). The van der Waals surface area contributed by atoms with Gasteiger partial charge in [0, 0.05) is 6.04 Å². The molecule has 0 atom stereocenters. The monoisotopic (exact) mass is 389 g/mol. The average molecular weight is 389 g/mol. The summed E-state index contributed by atoms with van der Waals surface area (Å²) < 4.78 is 5.64. The number of halogens is 1. The molecule has 3 N–H and O–H groups in total. The van der Waals surface area contributed by atoms with Crippen molar-refractivity contribution in [1.29, 1.82) is 0 Å². The number of nitrogens with zero attached hydrogens (tertiary/aromatic N) is 1. The third-order valence-corrected chi connectivity index (χ3v) is 2.87. The van der Waals surface area contributed by atoms with Crippen molar-refractivity contribution in [2.75, 3.05) is 6.61 Å². The van der Waals surface area contributed by atoms with Crippen LogP contribution in [0.1, 0.15) is 32.3 Å². The first-order valence-electron chi connectivity index (χ1n) is 6.91. The highest BCUT2D eigenvalue weighted by molar-refractivity contribution is 14.0. The van der Waals surface area contributed by atoms with Crippen molar-refractivity contribution < 1.29 is 4.74 Å². The summed E-state index contributed by atoms with van der Waals surface area (Å²) >= 11 is 0. The first-order valence-corrected chi connectivity index (χ1v) is 6.91. The van der Waals surface area contributed by atoms with Gasteiger partial charge in [-0.25, -0.2) is 4.99 Å². The lowest BCUT2D eigenvalue weighted by Crippen LogP contribution is -2.33. The zero-order valence-electron chi connectivity index (χ0n) is 12.1. The van der Waals surface area contributed by atoms with E-state index in [4.69, 9.17) is 10.5 Å². The molecule has 20 heavy (non-hydrogen) atoms. The third-order valence-electron chi connectivity index (χ3n) is 2.87. The van der Waals surface area contributed by atoms with Gasteiger partial charge >= 0.3 is 0 Å². The van der Waals surface area contributed by atoms with Gasteiger partial charge < -0.3 is 15.8 Å². The van der Waals surface area contributed by atoms with Crippen molar-refractivity contribution >= 4 is 29.9 Å². The number of hydrogen-bond acceptors (Lipinski definition) is 2. The van der Waals surface area contributed by atoms with Crippen LogP contribution in [-0.2, 0) is 6.54 Å². The van der Waals surface area contributed by atoms with Crippen LogP contribution in [-0.4, -0.2) is 18.6 Å². The van der Waals surface area contributed by atoms with Gasteiger partial charge in [-0.15, -0.1) is 24.0 Å². The molecular weight excluding hydrogens is 365 g/mol. The van der Waals surface area contributed by atoms with Gasteiger partial charge in [0.15, 0.2) is 5.96 Å². The Morgan fingerprint density at radius 2 is 2.00 bits per heavy atom.